The van der Waals surface area contributed by atoms with Gasteiger partial charge in [0.05, 0.1) is 0 Å². The second kappa shape index (κ2) is 23.5. The molecule has 4 aromatic carbocycles. The highest BCUT2D eigenvalue weighted by molar-refractivity contribution is 6.30. The van der Waals surface area contributed by atoms with E-state index >= 15 is 0 Å². The standard InChI is InChI=1S/C49H57ClN8O11/c1-26-44(64)56-37(46(66)54-27(2)48(68)57(3)38(43(52)63)18-21-41(61)62)24-28-8-19-39(59)34(23-28)35-25-32(15-20-40(35)60)42(47(67)53-26)58(4)49(69)36(7-5-6-22-51)55-45(65)31-11-9-29(10-12-31)30-13-16-33(50)17-14-30/h8-17,19-20,23,25-27,36-38,42,59-60H,5-7,18,21-22,24,51H2,1-4H3,(H2,52,63)(H,53,67)(H,54,66)(H,55,65)(H,56,64)(H,61,62)/t26-,27-,36-,37-,38-,42-/m0/s1. The topological polar surface area (TPSA) is 304 Å². The first-order valence-corrected chi connectivity index (χ1v) is 22.6. The molecule has 0 aliphatic carbocycles. The quantitative estimate of drug-likeness (QED) is 0.0691. The number of nitrogens with two attached hydrogens (primary N) is 2. The molecular formula is C49H57ClN8O11. The number of phenols is 2. The van der Waals surface area contributed by atoms with Crippen molar-refractivity contribution in [3.05, 3.63) is 107 Å². The number of rotatable bonds is 17. The zero-order valence-electron chi connectivity index (χ0n) is 38.5. The zero-order valence-corrected chi connectivity index (χ0v) is 39.3. The highest BCUT2D eigenvalue weighted by atomic mass is 35.5. The lowest BCUT2D eigenvalue weighted by Gasteiger charge is -2.32. The number of fused-ring (bicyclic) bond motifs is 5. The minimum absolute atomic E-state index is 0.0460. The van der Waals surface area contributed by atoms with E-state index in [0.29, 0.717) is 30.0 Å². The van der Waals surface area contributed by atoms with Gasteiger partial charge in [-0.15, -0.1) is 0 Å². The van der Waals surface area contributed by atoms with Gasteiger partial charge in [0.2, 0.25) is 35.4 Å². The monoisotopic (exact) mass is 968 g/mol. The first kappa shape index (κ1) is 52.5. The molecule has 0 aromatic heterocycles. The van der Waals surface area contributed by atoms with Crippen LogP contribution in [0.4, 0.5) is 0 Å². The average Bonchev–Trinajstić information content (AvgIpc) is 3.31. The summed E-state index contributed by atoms with van der Waals surface area (Å²) in [6, 6.07) is 14.2. The third kappa shape index (κ3) is 13.4. The Morgan fingerprint density at radius 1 is 0.797 bits per heavy atom. The Hall–Kier alpha value is -7.51. The molecule has 0 radical (unpaired) electrons. The second-order valence-corrected chi connectivity index (χ2v) is 17.3. The predicted octanol–water partition coefficient (Wildman–Crippen LogP) is 2.74. The van der Waals surface area contributed by atoms with Crippen LogP contribution in [0.1, 0.15) is 73.5 Å². The van der Waals surface area contributed by atoms with Crippen LogP contribution in [0.15, 0.2) is 84.9 Å². The lowest BCUT2D eigenvalue weighted by Crippen LogP contribution is -2.58. The number of carbonyl (C=O) groups excluding carboxylic acids is 7. The molecule has 20 heteroatoms. The number of carbonyl (C=O) groups is 8. The maximum Gasteiger partial charge on any atom is 0.303 e. The minimum atomic E-state index is -1.50. The molecule has 0 unspecified atom stereocenters. The van der Waals surface area contributed by atoms with Crippen molar-refractivity contribution in [1.82, 2.24) is 31.1 Å². The summed E-state index contributed by atoms with van der Waals surface area (Å²) in [6.07, 6.45) is 0.128. The number of unbranched alkanes of at least 4 members (excludes halogenated alkanes) is 1. The molecule has 0 spiro atoms. The van der Waals surface area contributed by atoms with Gasteiger partial charge in [-0.2, -0.15) is 0 Å². The molecule has 1 aliphatic rings. The van der Waals surface area contributed by atoms with E-state index in [1.807, 2.05) is 12.1 Å². The summed E-state index contributed by atoms with van der Waals surface area (Å²) >= 11 is 6.05. The molecule has 19 nitrogen and oxygen atoms in total. The van der Waals surface area contributed by atoms with E-state index < -0.39 is 90.0 Å². The third-order valence-electron chi connectivity index (χ3n) is 11.9. The summed E-state index contributed by atoms with van der Waals surface area (Å²) in [5.41, 5.74) is 13.9. The number of carboxylic acids is 1. The van der Waals surface area contributed by atoms with Crippen molar-refractivity contribution >= 4 is 58.9 Å². The Morgan fingerprint density at radius 3 is 2.01 bits per heavy atom. The van der Waals surface area contributed by atoms with Crippen molar-refractivity contribution in [2.24, 2.45) is 11.5 Å². The molecule has 69 heavy (non-hydrogen) atoms. The Bertz CT molecular complexity index is 2580. The van der Waals surface area contributed by atoms with Gasteiger partial charge in [0.15, 0.2) is 0 Å². The van der Waals surface area contributed by atoms with Crippen LogP contribution >= 0.6 is 11.6 Å². The Kier molecular flexibility index (Phi) is 17.8. The zero-order chi connectivity index (χ0) is 50.7. The SMILES string of the molecule is C[C@@H]1NC(=O)[C@@H](N(C)C(=O)[C@H](CCCCN)NC(=O)c2ccc(-c3ccc(Cl)cc3)cc2)c2ccc(O)c(c2)-c2cc(ccc2O)C[C@@H](C(=O)N[C@@H](C)C(=O)N(C)[C@@H](CCC(=O)O)C(N)=O)NC1=O. The van der Waals surface area contributed by atoms with E-state index in [2.05, 4.69) is 21.3 Å². The fourth-order valence-corrected chi connectivity index (χ4v) is 8.08. The lowest BCUT2D eigenvalue weighted by molar-refractivity contribution is -0.143. The van der Waals surface area contributed by atoms with Gasteiger partial charge in [0.25, 0.3) is 5.91 Å². The van der Waals surface area contributed by atoms with Gasteiger partial charge >= 0.3 is 5.97 Å². The summed E-state index contributed by atoms with van der Waals surface area (Å²) in [4.78, 5) is 110. The van der Waals surface area contributed by atoms with Gasteiger partial charge < -0.3 is 57.9 Å². The first-order chi connectivity index (χ1) is 32.7. The van der Waals surface area contributed by atoms with Crippen LogP contribution in [0, 0.1) is 0 Å². The number of likely N-dealkylation sites (N-methyl/N-ethyl adjacent to an activating group) is 2. The molecule has 6 atom stereocenters. The van der Waals surface area contributed by atoms with Crippen molar-refractivity contribution in [2.45, 2.75) is 88.6 Å². The smallest absolute Gasteiger partial charge is 0.303 e. The summed E-state index contributed by atoms with van der Waals surface area (Å²) in [5.74, 6) is -7.39. The highest BCUT2D eigenvalue weighted by Crippen LogP contribution is 2.39. The first-order valence-electron chi connectivity index (χ1n) is 22.2. The van der Waals surface area contributed by atoms with E-state index in [1.165, 1.54) is 64.3 Å². The van der Waals surface area contributed by atoms with Gasteiger partial charge in [-0.1, -0.05) is 48.0 Å². The Balaban J connectivity index is 1.46. The second-order valence-electron chi connectivity index (χ2n) is 16.9. The highest BCUT2D eigenvalue weighted by Gasteiger charge is 2.37. The molecule has 5 rings (SSSR count). The lowest BCUT2D eigenvalue weighted by atomic mass is 9.93. The fraction of sp³-hybridized carbons (Fsp3) is 0.347. The minimum Gasteiger partial charge on any atom is -0.507 e. The van der Waals surface area contributed by atoms with Crippen LogP contribution < -0.4 is 32.7 Å². The molecule has 0 fully saturated rings. The maximum atomic E-state index is 14.6. The Morgan fingerprint density at radius 2 is 1.41 bits per heavy atom. The van der Waals surface area contributed by atoms with Crippen molar-refractivity contribution in [2.75, 3.05) is 20.6 Å². The number of aromatic hydroxyl groups is 2. The van der Waals surface area contributed by atoms with Crippen molar-refractivity contribution in [3.8, 4) is 33.8 Å². The van der Waals surface area contributed by atoms with Gasteiger partial charge in [0, 0.05) is 48.6 Å². The average molecular weight is 969 g/mol. The number of nitrogens with one attached hydrogen (secondary N) is 4. The van der Waals surface area contributed by atoms with E-state index in [1.54, 1.807) is 36.4 Å². The van der Waals surface area contributed by atoms with Crippen LogP contribution in [0.3, 0.4) is 0 Å². The van der Waals surface area contributed by atoms with Crippen LogP contribution in [0.25, 0.3) is 22.3 Å². The molecule has 366 valence electrons. The molecule has 0 saturated heterocycles. The van der Waals surface area contributed by atoms with Crippen LogP contribution in [-0.2, 0) is 40.0 Å². The van der Waals surface area contributed by atoms with E-state index in [9.17, 15) is 48.6 Å². The predicted molar refractivity (Wildman–Crippen MR) is 255 cm³/mol. The van der Waals surface area contributed by atoms with Crippen LogP contribution in [-0.4, -0.2) is 123 Å². The van der Waals surface area contributed by atoms with Crippen molar-refractivity contribution in [3.63, 3.8) is 0 Å². The van der Waals surface area contributed by atoms with Crippen LogP contribution in [0.2, 0.25) is 5.02 Å². The van der Waals surface area contributed by atoms with Crippen LogP contribution in [0.5, 0.6) is 11.5 Å². The van der Waals surface area contributed by atoms with E-state index in [0.717, 1.165) is 20.9 Å². The van der Waals surface area contributed by atoms with Gasteiger partial charge in [-0.05, 0) is 117 Å². The number of halogens is 1. The summed E-state index contributed by atoms with van der Waals surface area (Å²) < 4.78 is 0. The van der Waals surface area contributed by atoms with Crippen molar-refractivity contribution in [1.29, 1.82) is 0 Å². The number of hydrogen-bond acceptors (Lipinski definition) is 11. The largest absolute Gasteiger partial charge is 0.507 e. The summed E-state index contributed by atoms with van der Waals surface area (Å²) in [5, 5.41) is 42.6. The van der Waals surface area contributed by atoms with Crippen molar-refractivity contribution < 1.29 is 53.7 Å². The number of benzene rings is 4. The maximum absolute atomic E-state index is 14.6. The van der Waals surface area contributed by atoms with Gasteiger partial charge in [0.1, 0.15) is 47.8 Å². The number of hydrogen-bond donors (Lipinski definition) is 9. The van der Waals surface area contributed by atoms with Gasteiger partial charge in [-0.3, -0.25) is 38.4 Å². The molecule has 0 saturated carbocycles. The molecule has 4 aromatic rings. The van der Waals surface area contributed by atoms with E-state index in [4.69, 9.17) is 28.2 Å². The van der Waals surface area contributed by atoms with E-state index in [-0.39, 0.29) is 53.0 Å². The number of nitrogens with zero attached hydrogens (tertiary/aromatic N) is 2. The van der Waals surface area contributed by atoms with Gasteiger partial charge in [-0.25, -0.2) is 0 Å². The Labute approximate surface area is 403 Å². The molecule has 11 N–H and O–H groups in total. The molecule has 1 heterocycles. The number of amides is 7. The fourth-order valence-electron chi connectivity index (χ4n) is 7.96. The number of aliphatic carboxylic acids is 1. The summed E-state index contributed by atoms with van der Waals surface area (Å²) in [7, 11) is 2.59. The number of primary amides is 1. The summed E-state index contributed by atoms with van der Waals surface area (Å²) in [6.45, 7) is 2.99. The molecule has 4 bridgehead atoms. The number of phenolic OH excluding ortho intramolecular Hbond substituents is 2. The third-order valence-corrected chi connectivity index (χ3v) is 12.1. The molecule has 7 amide bonds. The molecular weight excluding hydrogens is 912 g/mol. The number of carboxylic acid groups (broad SMARTS) is 1. The normalized spacial score (nSPS) is 17.1. The molecule has 1 aliphatic heterocycles.